The van der Waals surface area contributed by atoms with E-state index in [4.69, 9.17) is 42.6 Å². The van der Waals surface area contributed by atoms with E-state index < -0.39 is 42.7 Å². The number of methoxy groups -OCH3 is 1. The maximum Gasteiger partial charge on any atom is 0.342 e. The van der Waals surface area contributed by atoms with Crippen LogP contribution < -0.4 is 9.47 Å². The second-order valence-electron chi connectivity index (χ2n) is 21.6. The number of morpholine rings is 1. The third kappa shape index (κ3) is 31.2. The van der Waals surface area contributed by atoms with Crippen LogP contribution in [0.1, 0.15) is 253 Å². The molecule has 0 N–H and O–H groups in total. The lowest BCUT2D eigenvalue weighted by atomic mass is 9.94. The van der Waals surface area contributed by atoms with Crippen LogP contribution in [0.4, 0.5) is 0 Å². The highest BCUT2D eigenvalue weighted by atomic mass is 16.7. The minimum Gasteiger partial charge on any atom is -0.496 e. The summed E-state index contributed by atoms with van der Waals surface area (Å²) in [7, 11) is 1.52. The topological polar surface area (TPSA) is 189 Å². The van der Waals surface area contributed by atoms with Crippen molar-refractivity contribution in [2.24, 2.45) is 0 Å². The van der Waals surface area contributed by atoms with E-state index in [9.17, 15) is 28.8 Å². The predicted molar refractivity (Wildman–Crippen MR) is 305 cm³/mol. The molecule has 0 saturated carbocycles. The van der Waals surface area contributed by atoms with Gasteiger partial charge in [0.05, 0.1) is 33.2 Å². The van der Waals surface area contributed by atoms with Gasteiger partial charge in [-0.3, -0.25) is 28.9 Å². The van der Waals surface area contributed by atoms with Crippen LogP contribution in [0.25, 0.3) is 0 Å². The third-order valence-electron chi connectivity index (χ3n) is 14.9. The molecule has 0 aliphatic carbocycles. The highest BCUT2D eigenvalue weighted by molar-refractivity contribution is 5.98. The molecule has 2 heterocycles. The molecule has 1 aromatic carbocycles. The number of unbranched alkanes of at least 4 members (excludes halogenated alkanes) is 24. The quantitative estimate of drug-likeness (QED) is 0.0197. The maximum atomic E-state index is 13.1. The molecule has 2 aliphatic heterocycles. The summed E-state index contributed by atoms with van der Waals surface area (Å²) >= 11 is 0. The molecule has 0 unspecified atom stereocenters. The Morgan fingerprint density at radius 2 is 1.03 bits per heavy atom. The fraction of sp³-hybridized carbons (Fsp3) is 0.778. The SMILES string of the molecule is CCCCCCCCCCCCCCCC(=O)OCC(COC(=O)CCCCCCCCCCCCCCC)OC(=O)CCC(=O)OCOc1c(C/C=C(\C)CCC(=O)OCCN2CCOCC2)c(OC)c(C)c2c1C(=O)OC2. The van der Waals surface area contributed by atoms with Crippen LogP contribution >= 0.6 is 0 Å². The van der Waals surface area contributed by atoms with Gasteiger partial charge in [-0.2, -0.15) is 0 Å². The van der Waals surface area contributed by atoms with Crippen molar-refractivity contribution in [2.75, 3.05) is 66.6 Å². The number of cyclic esters (lactones) is 1. The summed E-state index contributed by atoms with van der Waals surface area (Å²) in [6.07, 6.45) is 32.5. The highest BCUT2D eigenvalue weighted by Crippen LogP contribution is 2.43. The van der Waals surface area contributed by atoms with Gasteiger partial charge in [0.2, 0.25) is 6.79 Å². The number of carbonyl (C=O) groups is 6. The van der Waals surface area contributed by atoms with Crippen LogP contribution in [0.15, 0.2) is 11.6 Å². The molecule has 0 amide bonds. The van der Waals surface area contributed by atoms with Crippen molar-refractivity contribution >= 4 is 35.8 Å². The van der Waals surface area contributed by atoms with Crippen LogP contribution in [-0.2, 0) is 70.2 Å². The van der Waals surface area contributed by atoms with Gasteiger partial charge >= 0.3 is 35.8 Å². The van der Waals surface area contributed by atoms with E-state index >= 15 is 0 Å². The Morgan fingerprint density at radius 3 is 1.53 bits per heavy atom. The first kappa shape index (κ1) is 68.6. The van der Waals surface area contributed by atoms with Gasteiger partial charge in [-0.05, 0) is 45.1 Å². The van der Waals surface area contributed by atoms with E-state index in [1.807, 2.05) is 19.9 Å². The van der Waals surface area contributed by atoms with Crippen molar-refractivity contribution in [3.63, 3.8) is 0 Å². The Balaban J connectivity index is 1.48. The average molecular weight is 1110 g/mol. The minimum atomic E-state index is -1.06. The summed E-state index contributed by atoms with van der Waals surface area (Å²) in [5.41, 5.74) is 2.96. The van der Waals surface area contributed by atoms with E-state index in [1.54, 1.807) is 0 Å². The number of ether oxygens (including phenoxy) is 9. The zero-order valence-corrected chi connectivity index (χ0v) is 49.6. The van der Waals surface area contributed by atoms with Crippen molar-refractivity contribution in [3.05, 3.63) is 33.9 Å². The number of benzene rings is 1. The third-order valence-corrected chi connectivity index (χ3v) is 14.9. The monoisotopic (exact) mass is 1110 g/mol. The van der Waals surface area contributed by atoms with Gasteiger partial charge in [0.1, 0.15) is 43.5 Å². The molecule has 16 heteroatoms. The second-order valence-corrected chi connectivity index (χ2v) is 21.6. The van der Waals surface area contributed by atoms with Gasteiger partial charge in [-0.15, -0.1) is 0 Å². The largest absolute Gasteiger partial charge is 0.496 e. The molecule has 0 atom stereocenters. The summed E-state index contributed by atoms with van der Waals surface area (Å²) < 4.78 is 50.1. The Kier molecular flexibility index (Phi) is 38.2. The average Bonchev–Trinajstić information content (AvgIpc) is 3.85. The number of esters is 6. The summed E-state index contributed by atoms with van der Waals surface area (Å²) in [4.78, 5) is 79.5. The molecular formula is C63H103NO15. The molecule has 0 aromatic heterocycles. The summed E-state index contributed by atoms with van der Waals surface area (Å²) in [5, 5.41) is 0. The van der Waals surface area contributed by atoms with Gasteiger partial charge in [0, 0.05) is 50.0 Å². The fourth-order valence-corrected chi connectivity index (χ4v) is 9.91. The van der Waals surface area contributed by atoms with E-state index in [0.29, 0.717) is 68.1 Å². The molecule has 16 nitrogen and oxygen atoms in total. The molecule has 450 valence electrons. The lowest BCUT2D eigenvalue weighted by Gasteiger charge is -2.26. The first-order chi connectivity index (χ1) is 38.5. The number of hydrogen-bond donors (Lipinski definition) is 0. The number of fused-ring (bicyclic) bond motifs is 1. The van der Waals surface area contributed by atoms with E-state index in [1.165, 1.54) is 123 Å². The van der Waals surface area contributed by atoms with Crippen molar-refractivity contribution in [2.45, 2.75) is 252 Å². The first-order valence-corrected chi connectivity index (χ1v) is 30.8. The van der Waals surface area contributed by atoms with Crippen molar-refractivity contribution in [1.29, 1.82) is 0 Å². The molecule has 0 radical (unpaired) electrons. The van der Waals surface area contributed by atoms with E-state index in [0.717, 1.165) is 57.2 Å². The lowest BCUT2D eigenvalue weighted by Crippen LogP contribution is -2.38. The Bertz CT molecular complexity index is 1880. The van der Waals surface area contributed by atoms with Gasteiger partial charge in [0.25, 0.3) is 0 Å². The second kappa shape index (κ2) is 44.0. The standard InChI is InChI=1S/C63H103NO15/c1-6-8-10-12-14-16-18-20-22-24-26-28-30-32-55(65)74-46-52(47-75-56(66)33-31-29-27-25-23-21-19-17-15-13-11-9-7-2)79-59(69)39-38-58(68)77-49-78-62-53(61(71-5)51(4)54-48-76-63(70)60(54)62)36-34-50(3)35-37-57(67)73-45-42-64-40-43-72-44-41-64/h34,52H,6-33,35-49H2,1-5H3/b50-34+. The van der Waals surface area contributed by atoms with Crippen LogP contribution in [0.2, 0.25) is 0 Å². The Morgan fingerprint density at radius 1 is 0.570 bits per heavy atom. The van der Waals surface area contributed by atoms with Gasteiger partial charge in [-0.1, -0.05) is 180 Å². The Labute approximate surface area is 474 Å². The zero-order valence-electron chi connectivity index (χ0n) is 49.6. The van der Waals surface area contributed by atoms with Gasteiger partial charge < -0.3 is 42.6 Å². The normalized spacial score (nSPS) is 13.5. The van der Waals surface area contributed by atoms with Crippen LogP contribution in [0, 0.1) is 6.92 Å². The molecule has 3 rings (SSSR count). The maximum absolute atomic E-state index is 13.1. The van der Waals surface area contributed by atoms with Gasteiger partial charge in [-0.25, -0.2) is 4.79 Å². The predicted octanol–water partition coefficient (Wildman–Crippen LogP) is 13.4. The number of allylic oxidation sites excluding steroid dienone is 2. The molecule has 79 heavy (non-hydrogen) atoms. The molecule has 0 bridgehead atoms. The summed E-state index contributed by atoms with van der Waals surface area (Å²) in [5.74, 6) is -2.62. The minimum absolute atomic E-state index is 0.0236. The zero-order chi connectivity index (χ0) is 57.1. The fourth-order valence-electron chi connectivity index (χ4n) is 9.91. The highest BCUT2D eigenvalue weighted by Gasteiger charge is 2.33. The number of hydrogen-bond acceptors (Lipinski definition) is 16. The van der Waals surface area contributed by atoms with Crippen molar-refractivity contribution in [3.8, 4) is 11.5 Å². The number of nitrogens with zero attached hydrogens (tertiary/aromatic N) is 1. The van der Waals surface area contributed by atoms with Gasteiger partial charge in [0.15, 0.2) is 6.10 Å². The molecule has 2 aliphatic rings. The molecule has 1 aromatic rings. The van der Waals surface area contributed by atoms with E-state index in [-0.39, 0.29) is 75.6 Å². The molecular weight excluding hydrogens is 1010 g/mol. The van der Waals surface area contributed by atoms with Crippen LogP contribution in [0.3, 0.4) is 0 Å². The molecule has 1 fully saturated rings. The summed E-state index contributed by atoms with van der Waals surface area (Å²) in [6.45, 7) is 11.0. The van der Waals surface area contributed by atoms with Crippen LogP contribution in [-0.4, -0.2) is 113 Å². The first-order valence-electron chi connectivity index (χ1n) is 30.8. The molecule has 0 spiro atoms. The van der Waals surface area contributed by atoms with E-state index in [2.05, 4.69) is 18.7 Å². The van der Waals surface area contributed by atoms with Crippen LogP contribution in [0.5, 0.6) is 11.5 Å². The van der Waals surface area contributed by atoms with Crippen molar-refractivity contribution < 1.29 is 71.4 Å². The lowest BCUT2D eigenvalue weighted by molar-refractivity contribution is -0.167. The number of rotatable bonds is 48. The molecule has 1 saturated heterocycles. The Hall–Kier alpha value is -4.70. The smallest absolute Gasteiger partial charge is 0.342 e. The number of carbonyl (C=O) groups excluding carboxylic acids is 6. The van der Waals surface area contributed by atoms with Crippen molar-refractivity contribution in [1.82, 2.24) is 4.90 Å². The summed E-state index contributed by atoms with van der Waals surface area (Å²) in [6, 6.07) is 0.